The van der Waals surface area contributed by atoms with Crippen LogP contribution in [0.2, 0.25) is 0 Å². The molecule has 2 atom stereocenters. The summed E-state index contributed by atoms with van der Waals surface area (Å²) < 4.78 is 43.0. The van der Waals surface area contributed by atoms with Crippen LogP contribution in [0.4, 0.5) is 4.39 Å². The van der Waals surface area contributed by atoms with Crippen LogP contribution in [-0.4, -0.2) is 45.1 Å². The Balaban J connectivity index is 1.35. The minimum atomic E-state index is -3.65. The molecule has 1 aliphatic rings. The van der Waals surface area contributed by atoms with Gasteiger partial charge in [-0.05, 0) is 61.7 Å². The van der Waals surface area contributed by atoms with Crippen molar-refractivity contribution in [1.82, 2.24) is 24.1 Å². The topological polar surface area (TPSA) is 83.9 Å². The molecule has 0 saturated carbocycles. The van der Waals surface area contributed by atoms with Gasteiger partial charge in [-0.2, -0.15) is 9.40 Å². The van der Waals surface area contributed by atoms with E-state index >= 15 is 0 Å². The van der Waals surface area contributed by atoms with Gasteiger partial charge in [0.2, 0.25) is 10.0 Å². The van der Waals surface area contributed by atoms with E-state index in [1.54, 1.807) is 12.4 Å². The molecule has 3 aromatic heterocycles. The predicted octanol–water partition coefficient (Wildman–Crippen LogP) is 3.66. The smallest absolute Gasteiger partial charge is 0.243 e. The molecule has 160 valence electrons. The Morgan fingerprint density at radius 1 is 1.16 bits per heavy atom. The summed E-state index contributed by atoms with van der Waals surface area (Å²) in [4.78, 5) is 4.84. The van der Waals surface area contributed by atoms with E-state index in [4.69, 9.17) is 4.98 Å². The molecule has 4 heterocycles. The molecule has 9 heteroatoms. The van der Waals surface area contributed by atoms with Crippen LogP contribution in [-0.2, 0) is 16.6 Å². The molecule has 1 N–H and O–H groups in total. The van der Waals surface area contributed by atoms with E-state index in [0.717, 1.165) is 28.7 Å². The van der Waals surface area contributed by atoms with Gasteiger partial charge in [0.1, 0.15) is 5.82 Å². The SMILES string of the molecule is C[C@H]1C[C@H](Cn2ccc3nc(-c4cn[nH]c4)ccc32)CN1S(=O)(=O)c1ccc(F)cc1. The molecule has 1 aliphatic heterocycles. The lowest BCUT2D eigenvalue weighted by molar-refractivity contribution is 0.399. The quantitative estimate of drug-likeness (QED) is 0.514. The lowest BCUT2D eigenvalue weighted by Gasteiger charge is -2.21. The van der Waals surface area contributed by atoms with E-state index < -0.39 is 15.8 Å². The summed E-state index contributed by atoms with van der Waals surface area (Å²) in [5, 5.41) is 6.77. The third-order valence-electron chi connectivity index (χ3n) is 5.90. The molecule has 0 bridgehead atoms. The number of nitrogens with one attached hydrogen (secondary N) is 1. The first-order chi connectivity index (χ1) is 14.9. The Kier molecular flexibility index (Phi) is 4.86. The first kappa shape index (κ1) is 19.9. The fourth-order valence-corrected chi connectivity index (χ4v) is 6.10. The van der Waals surface area contributed by atoms with Gasteiger partial charge in [0.15, 0.2) is 0 Å². The second kappa shape index (κ2) is 7.58. The molecule has 1 saturated heterocycles. The summed E-state index contributed by atoms with van der Waals surface area (Å²) in [7, 11) is -3.65. The fraction of sp³-hybridized carbons (Fsp3) is 0.273. The van der Waals surface area contributed by atoms with Gasteiger partial charge in [-0.15, -0.1) is 0 Å². The molecule has 7 nitrogen and oxygen atoms in total. The number of sulfonamides is 1. The van der Waals surface area contributed by atoms with E-state index in [9.17, 15) is 12.8 Å². The van der Waals surface area contributed by atoms with E-state index in [1.807, 2.05) is 31.3 Å². The molecule has 0 spiro atoms. The van der Waals surface area contributed by atoms with Crippen LogP contribution in [0.1, 0.15) is 13.3 Å². The van der Waals surface area contributed by atoms with Crippen LogP contribution in [0.5, 0.6) is 0 Å². The van der Waals surface area contributed by atoms with Crippen molar-refractivity contribution in [3.8, 4) is 11.3 Å². The Morgan fingerprint density at radius 3 is 2.71 bits per heavy atom. The number of aromatic amines is 1. The second-order valence-electron chi connectivity index (χ2n) is 8.04. The summed E-state index contributed by atoms with van der Waals surface area (Å²) in [5.41, 5.74) is 3.69. The summed E-state index contributed by atoms with van der Waals surface area (Å²) in [6.07, 6.45) is 6.31. The minimum absolute atomic E-state index is 0.118. The van der Waals surface area contributed by atoms with Gasteiger partial charge in [0.25, 0.3) is 0 Å². The standard InChI is InChI=1S/C22H22FN5O2S/c1-15-10-16(14-28(15)31(29,30)19-4-2-18(23)3-5-19)13-27-9-8-21-22(27)7-6-20(26-21)17-11-24-25-12-17/h2-9,11-12,15-16H,10,13-14H2,1H3,(H,24,25)/t15-,16+/m0/s1. The molecule has 0 aliphatic carbocycles. The van der Waals surface area contributed by atoms with Crippen LogP contribution in [0.15, 0.2) is 66.0 Å². The van der Waals surface area contributed by atoms with Crippen molar-refractivity contribution in [2.45, 2.75) is 30.8 Å². The second-order valence-corrected chi connectivity index (χ2v) is 9.93. The molecule has 5 rings (SSSR count). The average molecular weight is 440 g/mol. The van der Waals surface area contributed by atoms with Crippen LogP contribution in [0.3, 0.4) is 0 Å². The van der Waals surface area contributed by atoms with Gasteiger partial charge in [-0.3, -0.25) is 5.10 Å². The van der Waals surface area contributed by atoms with E-state index in [1.165, 1.54) is 28.6 Å². The van der Waals surface area contributed by atoms with Crippen molar-refractivity contribution in [2.24, 2.45) is 5.92 Å². The van der Waals surface area contributed by atoms with Gasteiger partial charge in [0.05, 0.1) is 27.8 Å². The fourth-order valence-electron chi connectivity index (χ4n) is 4.38. The van der Waals surface area contributed by atoms with Gasteiger partial charge < -0.3 is 4.57 Å². The van der Waals surface area contributed by atoms with Crippen LogP contribution >= 0.6 is 0 Å². The van der Waals surface area contributed by atoms with Crippen molar-refractivity contribution in [3.63, 3.8) is 0 Å². The van der Waals surface area contributed by atoms with Gasteiger partial charge >= 0.3 is 0 Å². The van der Waals surface area contributed by atoms with E-state index in [-0.39, 0.29) is 16.9 Å². The van der Waals surface area contributed by atoms with Gasteiger partial charge in [-0.1, -0.05) is 0 Å². The van der Waals surface area contributed by atoms with Crippen molar-refractivity contribution in [2.75, 3.05) is 6.54 Å². The highest BCUT2D eigenvalue weighted by molar-refractivity contribution is 7.89. The summed E-state index contributed by atoms with van der Waals surface area (Å²) in [6.45, 7) is 3.06. The molecule has 4 aromatic rings. The first-order valence-corrected chi connectivity index (χ1v) is 11.6. The molecule has 0 amide bonds. The lowest BCUT2D eigenvalue weighted by atomic mass is 10.1. The number of hydrogen-bond donors (Lipinski definition) is 1. The maximum atomic E-state index is 13.2. The molecular formula is C22H22FN5O2S. The Morgan fingerprint density at radius 2 is 1.97 bits per heavy atom. The van der Waals surface area contributed by atoms with Crippen LogP contribution in [0.25, 0.3) is 22.3 Å². The number of hydrogen-bond acceptors (Lipinski definition) is 4. The third kappa shape index (κ3) is 3.64. The monoisotopic (exact) mass is 439 g/mol. The maximum absolute atomic E-state index is 13.2. The highest BCUT2D eigenvalue weighted by Gasteiger charge is 2.38. The van der Waals surface area contributed by atoms with Gasteiger partial charge in [-0.25, -0.2) is 17.8 Å². The third-order valence-corrected chi connectivity index (χ3v) is 7.89. The highest BCUT2D eigenvalue weighted by Crippen LogP contribution is 2.31. The Bertz CT molecular complexity index is 1320. The number of aromatic nitrogens is 4. The highest BCUT2D eigenvalue weighted by atomic mass is 32.2. The van der Waals surface area contributed by atoms with Crippen LogP contribution in [0, 0.1) is 11.7 Å². The number of fused-ring (bicyclic) bond motifs is 1. The molecule has 31 heavy (non-hydrogen) atoms. The molecule has 1 aromatic carbocycles. The van der Waals surface area contributed by atoms with Crippen LogP contribution < -0.4 is 0 Å². The minimum Gasteiger partial charge on any atom is -0.346 e. The lowest BCUT2D eigenvalue weighted by Crippen LogP contribution is -2.34. The molecule has 0 unspecified atom stereocenters. The number of pyridine rings is 1. The summed E-state index contributed by atoms with van der Waals surface area (Å²) in [6, 6.07) is 10.9. The Labute approximate surface area is 179 Å². The number of nitrogens with zero attached hydrogens (tertiary/aromatic N) is 4. The normalized spacial score (nSPS) is 19.9. The average Bonchev–Trinajstić information content (AvgIpc) is 3.49. The predicted molar refractivity (Wildman–Crippen MR) is 115 cm³/mol. The summed E-state index contributed by atoms with van der Waals surface area (Å²) in [5.74, 6) is -0.273. The largest absolute Gasteiger partial charge is 0.346 e. The van der Waals surface area contributed by atoms with Crippen molar-refractivity contribution >= 4 is 21.1 Å². The van der Waals surface area contributed by atoms with Gasteiger partial charge in [0, 0.05) is 37.1 Å². The van der Waals surface area contributed by atoms with Crippen molar-refractivity contribution in [3.05, 3.63) is 66.9 Å². The van der Waals surface area contributed by atoms with E-state index in [0.29, 0.717) is 13.1 Å². The van der Waals surface area contributed by atoms with Crippen molar-refractivity contribution < 1.29 is 12.8 Å². The molecular weight excluding hydrogens is 417 g/mol. The van der Waals surface area contributed by atoms with Crippen molar-refractivity contribution in [1.29, 1.82) is 0 Å². The number of benzene rings is 1. The number of rotatable bonds is 5. The summed E-state index contributed by atoms with van der Waals surface area (Å²) >= 11 is 0. The zero-order valence-electron chi connectivity index (χ0n) is 16.9. The molecule has 0 radical (unpaired) electrons. The number of halogens is 1. The number of H-pyrrole nitrogens is 1. The maximum Gasteiger partial charge on any atom is 0.243 e. The zero-order valence-corrected chi connectivity index (χ0v) is 17.8. The van der Waals surface area contributed by atoms with E-state index in [2.05, 4.69) is 14.8 Å². The Hall–Kier alpha value is -3.04. The first-order valence-electron chi connectivity index (χ1n) is 10.1. The zero-order chi connectivity index (χ0) is 21.6. The molecule has 1 fully saturated rings.